The Bertz CT molecular complexity index is 59.4. The van der Waals surface area contributed by atoms with Gasteiger partial charge < -0.3 is 0 Å². The van der Waals surface area contributed by atoms with Gasteiger partial charge in [0, 0.05) is 13.1 Å². The van der Waals surface area contributed by atoms with E-state index in [2.05, 4.69) is 5.43 Å². The van der Waals surface area contributed by atoms with Gasteiger partial charge in [-0.1, -0.05) is 6.42 Å². The number of hydroxylamine groups is 1. The lowest BCUT2D eigenvalue weighted by molar-refractivity contribution is -0.132. The van der Waals surface area contributed by atoms with Crippen LogP contribution < -0.4 is 5.43 Å². The van der Waals surface area contributed by atoms with Crippen molar-refractivity contribution >= 4 is 0 Å². The van der Waals surface area contributed by atoms with Gasteiger partial charge in [-0.2, -0.15) is 0 Å². The second-order valence-corrected chi connectivity index (χ2v) is 2.09. The van der Waals surface area contributed by atoms with Gasteiger partial charge in [-0.15, -0.1) is 5.17 Å². The molecule has 0 radical (unpaired) electrons. The molecule has 0 saturated carbocycles. The number of hydrogen-bond donors (Lipinski definition) is 2. The molecule has 1 rings (SSSR count). The van der Waals surface area contributed by atoms with E-state index in [4.69, 9.17) is 5.21 Å². The molecule has 0 atom stereocenters. The molecule has 2 N–H and O–H groups in total. The average Bonchev–Trinajstić information content (AvgIpc) is 1.94. The number of rotatable bonds is 0. The summed E-state index contributed by atoms with van der Waals surface area (Å²) in [7, 11) is 0. The quantitative estimate of drug-likeness (QED) is 0.480. The van der Waals surface area contributed by atoms with Gasteiger partial charge in [-0.25, -0.2) is 5.43 Å². The first kappa shape index (κ1) is 6.01. The van der Waals surface area contributed by atoms with Crippen molar-refractivity contribution in [3.05, 3.63) is 0 Å². The van der Waals surface area contributed by atoms with Gasteiger partial charge in [0.2, 0.25) is 0 Å². The van der Waals surface area contributed by atoms with Crippen molar-refractivity contribution in [2.24, 2.45) is 0 Å². The molecule has 0 amide bonds. The zero-order valence-corrected chi connectivity index (χ0v) is 4.93. The molecule has 0 aromatic heterocycles. The Labute approximate surface area is 49.2 Å². The first-order valence-corrected chi connectivity index (χ1v) is 3.09. The van der Waals surface area contributed by atoms with Crippen LogP contribution in [0.5, 0.6) is 0 Å². The van der Waals surface area contributed by atoms with Gasteiger partial charge in [-0.05, 0) is 12.8 Å². The number of nitrogens with one attached hydrogen (secondary N) is 1. The normalized spacial score (nSPS) is 25.1. The standard InChI is InChI=1S/C5H12N2O/c8-7-5-3-1-2-4-6-7/h6,8H,1-5H2. The van der Waals surface area contributed by atoms with Crippen LogP contribution in [0.25, 0.3) is 0 Å². The van der Waals surface area contributed by atoms with E-state index >= 15 is 0 Å². The molecule has 0 aromatic rings. The van der Waals surface area contributed by atoms with Crippen LogP contribution in [0.2, 0.25) is 0 Å². The first-order valence-electron chi connectivity index (χ1n) is 3.09. The van der Waals surface area contributed by atoms with Crippen molar-refractivity contribution in [2.75, 3.05) is 13.1 Å². The molecule has 3 nitrogen and oxygen atoms in total. The van der Waals surface area contributed by atoms with E-state index in [1.54, 1.807) is 0 Å². The maximum absolute atomic E-state index is 8.81. The van der Waals surface area contributed by atoms with Crippen molar-refractivity contribution in [3.63, 3.8) is 0 Å². The molecule has 1 fully saturated rings. The van der Waals surface area contributed by atoms with E-state index in [-0.39, 0.29) is 0 Å². The predicted octanol–water partition coefficient (Wildman–Crippen LogP) is 0.366. The summed E-state index contributed by atoms with van der Waals surface area (Å²) in [5.74, 6) is 0. The van der Waals surface area contributed by atoms with Crippen molar-refractivity contribution < 1.29 is 5.21 Å². The topological polar surface area (TPSA) is 35.5 Å². The van der Waals surface area contributed by atoms with Crippen LogP contribution in [0.3, 0.4) is 0 Å². The summed E-state index contributed by atoms with van der Waals surface area (Å²) < 4.78 is 0. The third-order valence-electron chi connectivity index (χ3n) is 1.34. The molecule has 3 heteroatoms. The maximum atomic E-state index is 8.81. The Kier molecular flexibility index (Phi) is 2.27. The number of hydrazine groups is 1. The van der Waals surface area contributed by atoms with E-state index in [0.717, 1.165) is 19.5 Å². The van der Waals surface area contributed by atoms with Crippen molar-refractivity contribution in [1.82, 2.24) is 10.6 Å². The zero-order chi connectivity index (χ0) is 5.82. The third-order valence-corrected chi connectivity index (χ3v) is 1.34. The van der Waals surface area contributed by atoms with E-state index < -0.39 is 0 Å². The summed E-state index contributed by atoms with van der Waals surface area (Å²) in [5.41, 5.74) is 2.83. The maximum Gasteiger partial charge on any atom is 0.0398 e. The molecule has 0 bridgehead atoms. The molecular weight excluding hydrogens is 104 g/mol. The highest BCUT2D eigenvalue weighted by atomic mass is 16.5. The fraction of sp³-hybridized carbons (Fsp3) is 1.00. The zero-order valence-electron chi connectivity index (χ0n) is 4.93. The lowest BCUT2D eigenvalue weighted by atomic mass is 10.2. The van der Waals surface area contributed by atoms with E-state index in [9.17, 15) is 0 Å². The SMILES string of the molecule is ON1CCCCCN1. The Hall–Kier alpha value is -0.120. The highest BCUT2D eigenvalue weighted by molar-refractivity contribution is 4.50. The van der Waals surface area contributed by atoms with Crippen LogP contribution in [0.15, 0.2) is 0 Å². The highest BCUT2D eigenvalue weighted by Crippen LogP contribution is 1.98. The largest absolute Gasteiger partial charge is 0.299 e. The Morgan fingerprint density at radius 1 is 1.25 bits per heavy atom. The highest BCUT2D eigenvalue weighted by Gasteiger charge is 2.02. The lowest BCUT2D eigenvalue weighted by Crippen LogP contribution is -2.34. The minimum Gasteiger partial charge on any atom is -0.299 e. The molecule has 0 aliphatic carbocycles. The molecule has 0 spiro atoms. The predicted molar refractivity (Wildman–Crippen MR) is 30.3 cm³/mol. The summed E-state index contributed by atoms with van der Waals surface area (Å²) in [6, 6.07) is 0. The summed E-state index contributed by atoms with van der Waals surface area (Å²) in [4.78, 5) is 0. The van der Waals surface area contributed by atoms with E-state index in [0.29, 0.717) is 0 Å². The van der Waals surface area contributed by atoms with Gasteiger partial charge in [0.25, 0.3) is 0 Å². The van der Waals surface area contributed by atoms with Gasteiger partial charge >= 0.3 is 0 Å². The van der Waals surface area contributed by atoms with Crippen LogP contribution in [0.1, 0.15) is 19.3 Å². The molecule has 8 heavy (non-hydrogen) atoms. The van der Waals surface area contributed by atoms with Crippen LogP contribution in [-0.2, 0) is 0 Å². The molecule has 0 aromatic carbocycles. The summed E-state index contributed by atoms with van der Waals surface area (Å²) in [6.07, 6.45) is 3.50. The van der Waals surface area contributed by atoms with Crippen molar-refractivity contribution in [3.8, 4) is 0 Å². The van der Waals surface area contributed by atoms with Crippen molar-refractivity contribution in [2.45, 2.75) is 19.3 Å². The van der Waals surface area contributed by atoms with Gasteiger partial charge in [0.15, 0.2) is 0 Å². The summed E-state index contributed by atoms with van der Waals surface area (Å²) in [5, 5.41) is 9.98. The number of nitrogens with zero attached hydrogens (tertiary/aromatic N) is 1. The Morgan fingerprint density at radius 3 is 3.00 bits per heavy atom. The molecule has 0 unspecified atom stereocenters. The Morgan fingerprint density at radius 2 is 2.12 bits per heavy atom. The molecule has 1 aliphatic heterocycles. The van der Waals surface area contributed by atoms with Gasteiger partial charge in [0.05, 0.1) is 0 Å². The monoisotopic (exact) mass is 116 g/mol. The minimum absolute atomic E-state index is 0.764. The van der Waals surface area contributed by atoms with Gasteiger partial charge in [0.1, 0.15) is 0 Å². The Balaban J connectivity index is 2.17. The average molecular weight is 116 g/mol. The summed E-state index contributed by atoms with van der Waals surface area (Å²) in [6.45, 7) is 1.68. The molecule has 1 heterocycles. The van der Waals surface area contributed by atoms with E-state index in [1.807, 2.05) is 0 Å². The first-order chi connectivity index (χ1) is 3.89. The fourth-order valence-corrected chi connectivity index (χ4v) is 0.851. The van der Waals surface area contributed by atoms with Crippen LogP contribution in [0, 0.1) is 0 Å². The molecular formula is C5H12N2O. The van der Waals surface area contributed by atoms with Gasteiger partial charge in [-0.3, -0.25) is 5.21 Å². The summed E-state index contributed by atoms with van der Waals surface area (Å²) >= 11 is 0. The minimum atomic E-state index is 0.764. The second-order valence-electron chi connectivity index (χ2n) is 2.09. The van der Waals surface area contributed by atoms with Crippen LogP contribution in [-0.4, -0.2) is 23.5 Å². The lowest BCUT2D eigenvalue weighted by Gasteiger charge is -2.09. The number of hydrogen-bond acceptors (Lipinski definition) is 3. The van der Waals surface area contributed by atoms with Crippen LogP contribution >= 0.6 is 0 Å². The fourth-order valence-electron chi connectivity index (χ4n) is 0.851. The molecule has 1 saturated heterocycles. The van der Waals surface area contributed by atoms with Crippen molar-refractivity contribution in [1.29, 1.82) is 0 Å². The van der Waals surface area contributed by atoms with E-state index in [1.165, 1.54) is 18.0 Å². The van der Waals surface area contributed by atoms with Crippen LogP contribution in [0.4, 0.5) is 0 Å². The molecule has 1 aliphatic rings. The third kappa shape index (κ3) is 1.78. The molecule has 48 valence electrons. The second kappa shape index (κ2) is 3.02. The smallest absolute Gasteiger partial charge is 0.0398 e.